The summed E-state index contributed by atoms with van der Waals surface area (Å²) in [7, 11) is 0. The quantitative estimate of drug-likeness (QED) is 0.814. The number of aryl methyl sites for hydroxylation is 1. The molecular formula is C14H16O4. The first kappa shape index (κ1) is 12.6. The molecule has 1 aliphatic rings. The SMILES string of the molecule is CCOC(=O)C1=Cc2cc(C)ccc2OC1(C)O. The minimum atomic E-state index is -1.66. The van der Waals surface area contributed by atoms with Gasteiger partial charge < -0.3 is 14.6 Å². The fraction of sp³-hybridized carbons (Fsp3) is 0.357. The van der Waals surface area contributed by atoms with Crippen LogP contribution in [0.25, 0.3) is 6.08 Å². The van der Waals surface area contributed by atoms with Crippen molar-refractivity contribution < 1.29 is 19.4 Å². The van der Waals surface area contributed by atoms with Crippen LogP contribution in [-0.4, -0.2) is 23.5 Å². The predicted octanol–water partition coefficient (Wildman–Crippen LogP) is 2.04. The van der Waals surface area contributed by atoms with E-state index in [1.165, 1.54) is 6.92 Å². The Balaban J connectivity index is 2.46. The van der Waals surface area contributed by atoms with Crippen LogP contribution in [-0.2, 0) is 9.53 Å². The maximum absolute atomic E-state index is 11.8. The highest BCUT2D eigenvalue weighted by Crippen LogP contribution is 2.35. The minimum Gasteiger partial charge on any atom is -0.462 e. The van der Waals surface area contributed by atoms with Crippen LogP contribution >= 0.6 is 0 Å². The summed E-state index contributed by atoms with van der Waals surface area (Å²) in [6.45, 7) is 5.35. The Hall–Kier alpha value is -1.81. The number of esters is 1. The van der Waals surface area contributed by atoms with E-state index in [-0.39, 0.29) is 12.2 Å². The molecule has 0 fully saturated rings. The molecule has 1 unspecified atom stereocenters. The average molecular weight is 248 g/mol. The molecule has 4 heteroatoms. The van der Waals surface area contributed by atoms with E-state index in [0.717, 1.165) is 11.1 Å². The number of carbonyl (C=O) groups excluding carboxylic acids is 1. The molecule has 96 valence electrons. The lowest BCUT2D eigenvalue weighted by Gasteiger charge is -2.31. The summed E-state index contributed by atoms with van der Waals surface area (Å²) in [5.41, 5.74) is 1.94. The molecule has 18 heavy (non-hydrogen) atoms. The molecule has 1 N–H and O–H groups in total. The van der Waals surface area contributed by atoms with Crippen molar-refractivity contribution in [3.8, 4) is 5.75 Å². The molecular weight excluding hydrogens is 232 g/mol. The van der Waals surface area contributed by atoms with E-state index in [2.05, 4.69) is 0 Å². The highest BCUT2D eigenvalue weighted by molar-refractivity contribution is 5.96. The van der Waals surface area contributed by atoms with Gasteiger partial charge in [0.15, 0.2) is 0 Å². The fourth-order valence-electron chi connectivity index (χ4n) is 1.89. The molecule has 2 rings (SSSR count). The number of aliphatic hydroxyl groups is 1. The van der Waals surface area contributed by atoms with E-state index < -0.39 is 11.8 Å². The van der Waals surface area contributed by atoms with Gasteiger partial charge in [-0.1, -0.05) is 11.6 Å². The second kappa shape index (κ2) is 4.46. The van der Waals surface area contributed by atoms with Crippen LogP contribution in [0.4, 0.5) is 0 Å². The van der Waals surface area contributed by atoms with E-state index in [1.807, 2.05) is 19.1 Å². The van der Waals surface area contributed by atoms with Gasteiger partial charge in [0.1, 0.15) is 11.3 Å². The minimum absolute atomic E-state index is 0.113. The maximum Gasteiger partial charge on any atom is 0.340 e. The Morgan fingerprint density at radius 1 is 1.50 bits per heavy atom. The van der Waals surface area contributed by atoms with Crippen LogP contribution in [0.2, 0.25) is 0 Å². The van der Waals surface area contributed by atoms with Crippen molar-refractivity contribution in [3.05, 3.63) is 34.9 Å². The molecule has 0 amide bonds. The highest BCUT2D eigenvalue weighted by atomic mass is 16.6. The van der Waals surface area contributed by atoms with Crippen molar-refractivity contribution in [2.45, 2.75) is 26.6 Å². The molecule has 4 nitrogen and oxygen atoms in total. The van der Waals surface area contributed by atoms with Gasteiger partial charge in [-0.15, -0.1) is 0 Å². The van der Waals surface area contributed by atoms with Crippen LogP contribution in [0.1, 0.15) is 25.0 Å². The summed E-state index contributed by atoms with van der Waals surface area (Å²) in [4.78, 5) is 11.8. The van der Waals surface area contributed by atoms with Gasteiger partial charge in [-0.2, -0.15) is 0 Å². The summed E-state index contributed by atoms with van der Waals surface area (Å²) in [6.07, 6.45) is 1.61. The van der Waals surface area contributed by atoms with Gasteiger partial charge in [-0.05, 0) is 32.1 Å². The number of benzene rings is 1. The second-order valence-electron chi connectivity index (χ2n) is 4.40. The number of rotatable bonds is 2. The molecule has 1 aliphatic heterocycles. The van der Waals surface area contributed by atoms with E-state index in [9.17, 15) is 9.90 Å². The van der Waals surface area contributed by atoms with Gasteiger partial charge in [-0.25, -0.2) is 4.79 Å². The third-order valence-corrected chi connectivity index (χ3v) is 2.77. The smallest absolute Gasteiger partial charge is 0.340 e. The van der Waals surface area contributed by atoms with E-state index in [0.29, 0.717) is 5.75 Å². The zero-order valence-electron chi connectivity index (χ0n) is 10.7. The largest absolute Gasteiger partial charge is 0.462 e. The molecule has 0 saturated heterocycles. The third kappa shape index (κ3) is 2.24. The van der Waals surface area contributed by atoms with Crippen LogP contribution < -0.4 is 4.74 Å². The Morgan fingerprint density at radius 3 is 2.89 bits per heavy atom. The predicted molar refractivity (Wildman–Crippen MR) is 67.0 cm³/mol. The summed E-state index contributed by atoms with van der Waals surface area (Å²) in [6, 6.07) is 5.56. The summed E-state index contributed by atoms with van der Waals surface area (Å²) in [5.74, 6) is -1.66. The van der Waals surface area contributed by atoms with Crippen molar-refractivity contribution in [3.63, 3.8) is 0 Å². The fourth-order valence-corrected chi connectivity index (χ4v) is 1.89. The summed E-state index contributed by atoms with van der Waals surface area (Å²) in [5, 5.41) is 10.2. The van der Waals surface area contributed by atoms with Crippen LogP contribution in [0.15, 0.2) is 23.8 Å². The van der Waals surface area contributed by atoms with Crippen LogP contribution in [0.5, 0.6) is 5.75 Å². The first-order valence-electron chi connectivity index (χ1n) is 5.85. The van der Waals surface area contributed by atoms with Crippen molar-refractivity contribution in [1.29, 1.82) is 0 Å². The number of ether oxygens (including phenoxy) is 2. The van der Waals surface area contributed by atoms with Crippen molar-refractivity contribution in [2.75, 3.05) is 6.61 Å². The lowest BCUT2D eigenvalue weighted by Crippen LogP contribution is -2.40. The van der Waals surface area contributed by atoms with Gasteiger partial charge in [0.05, 0.1) is 6.61 Å². The van der Waals surface area contributed by atoms with E-state index >= 15 is 0 Å². The monoisotopic (exact) mass is 248 g/mol. The third-order valence-electron chi connectivity index (χ3n) is 2.77. The second-order valence-corrected chi connectivity index (χ2v) is 4.40. The molecule has 0 aliphatic carbocycles. The molecule has 1 aromatic rings. The Kier molecular flexibility index (Phi) is 3.13. The first-order chi connectivity index (χ1) is 8.44. The van der Waals surface area contributed by atoms with Crippen molar-refractivity contribution in [2.24, 2.45) is 0 Å². The average Bonchev–Trinajstić information content (AvgIpc) is 2.28. The summed E-state index contributed by atoms with van der Waals surface area (Å²) >= 11 is 0. The number of hydrogen-bond donors (Lipinski definition) is 1. The Labute approximate surface area is 106 Å². The molecule has 1 atom stereocenters. The number of fused-ring (bicyclic) bond motifs is 1. The van der Waals surface area contributed by atoms with Gasteiger partial charge >= 0.3 is 5.97 Å². The van der Waals surface area contributed by atoms with Gasteiger partial charge in [0, 0.05) is 12.5 Å². The van der Waals surface area contributed by atoms with E-state index in [1.54, 1.807) is 19.1 Å². The number of hydrogen-bond acceptors (Lipinski definition) is 4. The molecule has 0 bridgehead atoms. The lowest BCUT2D eigenvalue weighted by molar-refractivity contribution is -0.148. The lowest BCUT2D eigenvalue weighted by atomic mass is 9.99. The Bertz CT molecular complexity index is 515. The molecule has 1 aromatic carbocycles. The van der Waals surface area contributed by atoms with Gasteiger partial charge in [-0.3, -0.25) is 0 Å². The first-order valence-corrected chi connectivity index (χ1v) is 5.85. The Morgan fingerprint density at radius 2 is 2.22 bits per heavy atom. The molecule has 0 aromatic heterocycles. The zero-order valence-corrected chi connectivity index (χ0v) is 10.7. The van der Waals surface area contributed by atoms with Crippen LogP contribution in [0.3, 0.4) is 0 Å². The molecule has 0 radical (unpaired) electrons. The zero-order chi connectivity index (χ0) is 13.3. The summed E-state index contributed by atoms with van der Waals surface area (Å²) < 4.78 is 10.4. The normalized spacial score (nSPS) is 21.7. The maximum atomic E-state index is 11.8. The topological polar surface area (TPSA) is 55.8 Å². The van der Waals surface area contributed by atoms with Crippen LogP contribution in [0, 0.1) is 6.92 Å². The van der Waals surface area contributed by atoms with Crippen molar-refractivity contribution >= 4 is 12.0 Å². The van der Waals surface area contributed by atoms with Gasteiger partial charge in [0.25, 0.3) is 0 Å². The number of carbonyl (C=O) groups is 1. The van der Waals surface area contributed by atoms with E-state index in [4.69, 9.17) is 9.47 Å². The highest BCUT2D eigenvalue weighted by Gasteiger charge is 2.38. The molecule has 1 heterocycles. The standard InChI is InChI=1S/C14H16O4/c1-4-17-13(15)11-8-10-7-9(2)5-6-12(10)18-14(11,3)16/h5-8,16H,4H2,1-3H3. The molecule has 0 spiro atoms. The van der Waals surface area contributed by atoms with Gasteiger partial charge in [0.2, 0.25) is 5.79 Å². The molecule has 0 saturated carbocycles. The van der Waals surface area contributed by atoms with Crippen molar-refractivity contribution in [1.82, 2.24) is 0 Å².